The highest BCUT2D eigenvalue weighted by Gasteiger charge is 2.18. The van der Waals surface area contributed by atoms with Crippen LogP contribution in [0.15, 0.2) is 48.5 Å². The first kappa shape index (κ1) is 24.4. The van der Waals surface area contributed by atoms with Crippen LogP contribution in [0.1, 0.15) is 94.9 Å². The van der Waals surface area contributed by atoms with Crippen molar-refractivity contribution in [2.45, 2.75) is 85.5 Å². The van der Waals surface area contributed by atoms with Gasteiger partial charge in [-0.05, 0) is 54.6 Å². The lowest BCUT2D eigenvalue weighted by molar-refractivity contribution is 0.592. The van der Waals surface area contributed by atoms with Crippen LogP contribution in [-0.2, 0) is 12.8 Å². The molecule has 0 fully saturated rings. The van der Waals surface area contributed by atoms with Gasteiger partial charge in [0, 0.05) is 5.92 Å². The van der Waals surface area contributed by atoms with E-state index >= 15 is 0 Å². The molecule has 0 saturated heterocycles. The minimum absolute atomic E-state index is 0.555. The monoisotopic (exact) mass is 381 g/mol. The summed E-state index contributed by atoms with van der Waals surface area (Å²) in [4.78, 5) is 0. The molecule has 28 heavy (non-hydrogen) atoms. The molecular weight excluding hydrogens is 338 g/mol. The van der Waals surface area contributed by atoms with Crippen molar-refractivity contribution in [3.8, 4) is 0 Å². The van der Waals surface area contributed by atoms with Gasteiger partial charge >= 0.3 is 0 Å². The highest BCUT2D eigenvalue weighted by Crippen LogP contribution is 2.34. The van der Waals surface area contributed by atoms with E-state index in [4.69, 9.17) is 0 Å². The third-order valence-electron chi connectivity index (χ3n) is 5.47. The maximum absolute atomic E-state index is 3.11. The van der Waals surface area contributed by atoms with Crippen molar-refractivity contribution in [1.82, 2.24) is 5.32 Å². The van der Waals surface area contributed by atoms with Crippen LogP contribution in [-0.4, -0.2) is 13.1 Å². The van der Waals surface area contributed by atoms with Crippen molar-refractivity contribution in [2.75, 3.05) is 13.1 Å². The molecule has 0 aliphatic heterocycles. The standard InChI is InChI=1S/C23H32.C4H11N/c1-4-7-8-9-18-23(21-16-12-10-14-19(21)5-2)22-17-13-11-15-20(22)6-3;1-3-5-4-2/h10-17,23H,4-9,18H2,1-3H3;5H,3-4H2,1-2H3. The van der Waals surface area contributed by atoms with Crippen LogP contribution in [0, 0.1) is 0 Å². The van der Waals surface area contributed by atoms with Crippen LogP contribution in [0.3, 0.4) is 0 Å². The number of unbranched alkanes of at least 4 members (excludes halogenated alkanes) is 3. The zero-order valence-corrected chi connectivity index (χ0v) is 19.1. The first-order valence-electron chi connectivity index (χ1n) is 11.6. The molecule has 0 bridgehead atoms. The van der Waals surface area contributed by atoms with E-state index in [2.05, 4.69) is 88.5 Å². The quantitative estimate of drug-likeness (QED) is 0.397. The van der Waals surface area contributed by atoms with Crippen molar-refractivity contribution >= 4 is 0 Å². The zero-order chi connectivity index (χ0) is 20.6. The highest BCUT2D eigenvalue weighted by molar-refractivity contribution is 5.41. The number of hydrogen-bond donors (Lipinski definition) is 1. The Hall–Kier alpha value is -1.60. The molecule has 0 unspecified atom stereocenters. The summed E-state index contributed by atoms with van der Waals surface area (Å²) in [7, 11) is 0. The third-order valence-corrected chi connectivity index (χ3v) is 5.47. The molecule has 1 heteroatoms. The van der Waals surface area contributed by atoms with E-state index in [-0.39, 0.29) is 0 Å². The Morgan fingerprint density at radius 1 is 0.643 bits per heavy atom. The van der Waals surface area contributed by atoms with Crippen LogP contribution >= 0.6 is 0 Å². The molecule has 0 radical (unpaired) electrons. The fraction of sp³-hybridized carbons (Fsp3) is 0.556. The fourth-order valence-electron chi connectivity index (χ4n) is 3.90. The van der Waals surface area contributed by atoms with E-state index in [1.807, 2.05) is 0 Å². The molecule has 2 aromatic carbocycles. The van der Waals surface area contributed by atoms with Gasteiger partial charge in [-0.1, -0.05) is 109 Å². The van der Waals surface area contributed by atoms with Gasteiger partial charge in [0.2, 0.25) is 0 Å². The predicted octanol–water partition coefficient (Wildman–Crippen LogP) is 7.53. The van der Waals surface area contributed by atoms with Crippen molar-refractivity contribution in [2.24, 2.45) is 0 Å². The Labute approximate surface area is 175 Å². The molecule has 2 aromatic rings. The average Bonchev–Trinajstić information content (AvgIpc) is 2.75. The summed E-state index contributed by atoms with van der Waals surface area (Å²) in [6, 6.07) is 18.1. The van der Waals surface area contributed by atoms with E-state index in [9.17, 15) is 0 Å². The van der Waals surface area contributed by atoms with Gasteiger partial charge in [-0.3, -0.25) is 0 Å². The molecule has 0 spiro atoms. The lowest BCUT2D eigenvalue weighted by Crippen LogP contribution is -2.09. The summed E-state index contributed by atoms with van der Waals surface area (Å²) >= 11 is 0. The Morgan fingerprint density at radius 2 is 1.14 bits per heavy atom. The summed E-state index contributed by atoms with van der Waals surface area (Å²) in [6.07, 6.45) is 8.86. The van der Waals surface area contributed by atoms with Gasteiger partial charge in [0.15, 0.2) is 0 Å². The van der Waals surface area contributed by atoms with E-state index in [0.29, 0.717) is 5.92 Å². The zero-order valence-electron chi connectivity index (χ0n) is 19.1. The molecule has 0 atom stereocenters. The molecule has 1 nitrogen and oxygen atoms in total. The molecule has 1 N–H and O–H groups in total. The van der Waals surface area contributed by atoms with Crippen molar-refractivity contribution in [3.63, 3.8) is 0 Å². The largest absolute Gasteiger partial charge is 0.317 e. The Morgan fingerprint density at radius 3 is 1.54 bits per heavy atom. The van der Waals surface area contributed by atoms with Crippen LogP contribution in [0.5, 0.6) is 0 Å². The summed E-state index contributed by atoms with van der Waals surface area (Å²) in [5.74, 6) is 0.555. The Bertz CT molecular complexity index is 582. The van der Waals surface area contributed by atoms with E-state index in [1.54, 1.807) is 11.1 Å². The molecule has 156 valence electrons. The molecule has 0 heterocycles. The smallest absolute Gasteiger partial charge is 0.00947 e. The topological polar surface area (TPSA) is 12.0 Å². The highest BCUT2D eigenvalue weighted by atomic mass is 14.8. The number of hydrogen-bond acceptors (Lipinski definition) is 1. The van der Waals surface area contributed by atoms with Crippen LogP contribution < -0.4 is 5.32 Å². The van der Waals surface area contributed by atoms with Crippen LogP contribution in [0.2, 0.25) is 0 Å². The first-order chi connectivity index (χ1) is 13.7. The second kappa shape index (κ2) is 15.3. The second-order valence-electron chi connectivity index (χ2n) is 7.46. The van der Waals surface area contributed by atoms with Gasteiger partial charge < -0.3 is 5.32 Å². The third kappa shape index (κ3) is 8.19. The van der Waals surface area contributed by atoms with Gasteiger partial charge in [-0.25, -0.2) is 0 Å². The van der Waals surface area contributed by atoms with Gasteiger partial charge in [-0.2, -0.15) is 0 Å². The minimum Gasteiger partial charge on any atom is -0.317 e. The SMILES string of the molecule is CCCCCCC(c1ccccc1CC)c1ccccc1CC.CCNCC. The van der Waals surface area contributed by atoms with Crippen molar-refractivity contribution in [1.29, 1.82) is 0 Å². The van der Waals surface area contributed by atoms with Gasteiger partial charge in [0.25, 0.3) is 0 Å². The lowest BCUT2D eigenvalue weighted by atomic mass is 9.81. The summed E-state index contributed by atoms with van der Waals surface area (Å²) < 4.78 is 0. The van der Waals surface area contributed by atoms with E-state index < -0.39 is 0 Å². The fourth-order valence-corrected chi connectivity index (χ4v) is 3.90. The van der Waals surface area contributed by atoms with Crippen molar-refractivity contribution in [3.05, 3.63) is 70.8 Å². The molecule has 0 amide bonds. The number of benzene rings is 2. The second-order valence-corrected chi connectivity index (χ2v) is 7.46. The van der Waals surface area contributed by atoms with E-state index in [1.165, 1.54) is 43.2 Å². The van der Waals surface area contributed by atoms with Gasteiger partial charge in [-0.15, -0.1) is 0 Å². The average molecular weight is 382 g/mol. The molecule has 0 saturated carbocycles. The molecule has 0 aromatic heterocycles. The summed E-state index contributed by atoms with van der Waals surface area (Å²) in [6.45, 7) is 13.2. The molecular formula is C27H43N. The molecule has 0 aliphatic carbocycles. The normalized spacial score (nSPS) is 10.6. The van der Waals surface area contributed by atoms with Gasteiger partial charge in [0.05, 0.1) is 0 Å². The van der Waals surface area contributed by atoms with Gasteiger partial charge in [0.1, 0.15) is 0 Å². The Balaban J connectivity index is 0.000000696. The van der Waals surface area contributed by atoms with E-state index in [0.717, 1.165) is 25.9 Å². The lowest BCUT2D eigenvalue weighted by Gasteiger charge is -2.23. The number of aryl methyl sites for hydroxylation is 2. The predicted molar refractivity (Wildman–Crippen MR) is 126 cm³/mol. The minimum atomic E-state index is 0.555. The van der Waals surface area contributed by atoms with Crippen molar-refractivity contribution < 1.29 is 0 Å². The Kier molecular flexibility index (Phi) is 13.4. The maximum atomic E-state index is 3.11. The summed E-state index contributed by atoms with van der Waals surface area (Å²) in [5, 5.41) is 3.11. The first-order valence-corrected chi connectivity index (χ1v) is 11.6. The number of rotatable bonds is 11. The van der Waals surface area contributed by atoms with Crippen LogP contribution in [0.25, 0.3) is 0 Å². The summed E-state index contributed by atoms with van der Waals surface area (Å²) in [5.41, 5.74) is 6.12. The number of nitrogens with one attached hydrogen (secondary N) is 1. The molecule has 2 rings (SSSR count). The molecule has 0 aliphatic rings. The van der Waals surface area contributed by atoms with Crippen LogP contribution in [0.4, 0.5) is 0 Å². The maximum Gasteiger partial charge on any atom is 0.00947 e.